The highest BCUT2D eigenvalue weighted by atomic mass is 16.5. The van der Waals surface area contributed by atoms with Crippen LogP contribution >= 0.6 is 0 Å². The molecule has 7 nitrogen and oxygen atoms in total. The Morgan fingerprint density at radius 3 is 2.10 bits per heavy atom. The van der Waals surface area contributed by atoms with Crippen LogP contribution in [-0.2, 0) is 14.3 Å². The maximum atomic E-state index is 12.5. The first-order valence-corrected chi connectivity index (χ1v) is 9.77. The molecule has 2 amide bonds. The van der Waals surface area contributed by atoms with Gasteiger partial charge >= 0.3 is 5.97 Å². The maximum absolute atomic E-state index is 12.5. The summed E-state index contributed by atoms with van der Waals surface area (Å²) in [4.78, 5) is 37.1. The number of methoxy groups -OCH3 is 1. The zero-order valence-electron chi connectivity index (χ0n) is 17.7. The standard InChI is InChI=1S/C23H28N2O5/c1-15(2)21(25-22(27)18-10-12-19(29-4)13-11-18)23(28)30-14-20(26)24-16(3)17-8-6-5-7-9-17/h5-13,15-16,21H,14H2,1-4H3,(H,24,26)(H,25,27)/t16-,21-/m0/s1. The summed E-state index contributed by atoms with van der Waals surface area (Å²) < 4.78 is 10.2. The average Bonchev–Trinajstić information content (AvgIpc) is 2.76. The van der Waals surface area contributed by atoms with Crippen LogP contribution in [0.3, 0.4) is 0 Å². The van der Waals surface area contributed by atoms with Crippen LogP contribution in [0.15, 0.2) is 54.6 Å². The fourth-order valence-electron chi connectivity index (χ4n) is 2.80. The van der Waals surface area contributed by atoms with Gasteiger partial charge in [0.2, 0.25) is 0 Å². The molecule has 2 aromatic carbocycles. The molecule has 0 fully saturated rings. The monoisotopic (exact) mass is 412 g/mol. The van der Waals surface area contributed by atoms with Gasteiger partial charge in [-0.2, -0.15) is 0 Å². The molecule has 0 bridgehead atoms. The van der Waals surface area contributed by atoms with Crippen LogP contribution in [-0.4, -0.2) is 37.5 Å². The Kier molecular flexibility index (Phi) is 8.41. The molecule has 0 saturated heterocycles. The lowest BCUT2D eigenvalue weighted by Gasteiger charge is -2.21. The number of hydrogen-bond donors (Lipinski definition) is 2. The molecule has 0 spiro atoms. The summed E-state index contributed by atoms with van der Waals surface area (Å²) in [7, 11) is 1.54. The second-order valence-corrected chi connectivity index (χ2v) is 7.23. The Morgan fingerprint density at radius 1 is 0.900 bits per heavy atom. The van der Waals surface area contributed by atoms with Crippen molar-refractivity contribution in [1.82, 2.24) is 10.6 Å². The highest BCUT2D eigenvalue weighted by molar-refractivity contribution is 5.97. The van der Waals surface area contributed by atoms with Crippen LogP contribution in [0.25, 0.3) is 0 Å². The number of carbonyl (C=O) groups is 3. The van der Waals surface area contributed by atoms with Crippen LogP contribution in [0, 0.1) is 5.92 Å². The fourth-order valence-corrected chi connectivity index (χ4v) is 2.80. The Hall–Kier alpha value is -3.35. The molecular formula is C23H28N2O5. The second kappa shape index (κ2) is 11.0. The molecule has 2 rings (SSSR count). The van der Waals surface area contributed by atoms with Gasteiger partial charge in [-0.05, 0) is 42.7 Å². The first-order chi connectivity index (χ1) is 14.3. The van der Waals surface area contributed by atoms with Crippen LogP contribution in [0.2, 0.25) is 0 Å². The van der Waals surface area contributed by atoms with Gasteiger partial charge in [-0.3, -0.25) is 9.59 Å². The molecular weight excluding hydrogens is 384 g/mol. The summed E-state index contributed by atoms with van der Waals surface area (Å²) in [6.45, 7) is 5.01. The third-order valence-electron chi connectivity index (χ3n) is 4.58. The topological polar surface area (TPSA) is 93.7 Å². The molecule has 2 N–H and O–H groups in total. The molecule has 2 atom stereocenters. The van der Waals surface area contributed by atoms with Crippen LogP contribution in [0.1, 0.15) is 42.7 Å². The molecule has 2 aromatic rings. The van der Waals surface area contributed by atoms with Crippen molar-refractivity contribution in [3.05, 3.63) is 65.7 Å². The SMILES string of the molecule is COc1ccc(C(=O)N[C@H](C(=O)OCC(=O)N[C@@H](C)c2ccccc2)C(C)C)cc1. The number of esters is 1. The smallest absolute Gasteiger partial charge is 0.329 e. The van der Waals surface area contributed by atoms with E-state index in [1.54, 1.807) is 38.1 Å². The van der Waals surface area contributed by atoms with E-state index in [-0.39, 0.29) is 12.0 Å². The molecule has 0 aliphatic heterocycles. The Labute approximate surface area is 176 Å². The van der Waals surface area contributed by atoms with E-state index in [4.69, 9.17) is 9.47 Å². The van der Waals surface area contributed by atoms with E-state index >= 15 is 0 Å². The van der Waals surface area contributed by atoms with E-state index in [2.05, 4.69) is 10.6 Å². The zero-order valence-corrected chi connectivity index (χ0v) is 17.7. The number of ether oxygens (including phenoxy) is 2. The van der Waals surface area contributed by atoms with Gasteiger partial charge < -0.3 is 20.1 Å². The second-order valence-electron chi connectivity index (χ2n) is 7.23. The minimum absolute atomic E-state index is 0.215. The van der Waals surface area contributed by atoms with E-state index < -0.39 is 30.4 Å². The van der Waals surface area contributed by atoms with Gasteiger partial charge in [0.15, 0.2) is 6.61 Å². The van der Waals surface area contributed by atoms with Crippen molar-refractivity contribution in [2.24, 2.45) is 5.92 Å². The highest BCUT2D eigenvalue weighted by Crippen LogP contribution is 2.13. The van der Waals surface area contributed by atoms with Gasteiger partial charge in [-0.15, -0.1) is 0 Å². The third kappa shape index (κ3) is 6.62. The van der Waals surface area contributed by atoms with Crippen molar-refractivity contribution in [1.29, 1.82) is 0 Å². The Morgan fingerprint density at radius 2 is 1.53 bits per heavy atom. The molecule has 0 aliphatic rings. The van der Waals surface area contributed by atoms with Crippen molar-refractivity contribution < 1.29 is 23.9 Å². The quantitative estimate of drug-likeness (QED) is 0.618. The first kappa shape index (κ1) is 22.9. The fraction of sp³-hybridized carbons (Fsp3) is 0.348. The third-order valence-corrected chi connectivity index (χ3v) is 4.58. The van der Waals surface area contributed by atoms with Crippen molar-refractivity contribution in [3.63, 3.8) is 0 Å². The normalized spacial score (nSPS) is 12.6. The number of nitrogens with one attached hydrogen (secondary N) is 2. The molecule has 160 valence electrons. The summed E-state index contributed by atoms with van der Waals surface area (Å²) in [5.41, 5.74) is 1.34. The van der Waals surface area contributed by atoms with E-state index in [1.165, 1.54) is 7.11 Å². The molecule has 0 unspecified atom stereocenters. The maximum Gasteiger partial charge on any atom is 0.329 e. The van der Waals surface area contributed by atoms with E-state index in [0.29, 0.717) is 11.3 Å². The van der Waals surface area contributed by atoms with Crippen molar-refractivity contribution in [2.45, 2.75) is 32.9 Å². The molecule has 0 radical (unpaired) electrons. The van der Waals surface area contributed by atoms with Crippen molar-refractivity contribution in [2.75, 3.05) is 13.7 Å². The molecule has 0 saturated carbocycles. The molecule has 30 heavy (non-hydrogen) atoms. The van der Waals surface area contributed by atoms with Crippen LogP contribution in [0.5, 0.6) is 5.75 Å². The van der Waals surface area contributed by atoms with E-state index in [1.807, 2.05) is 37.3 Å². The Bertz CT molecular complexity index is 850. The largest absolute Gasteiger partial charge is 0.497 e. The van der Waals surface area contributed by atoms with Gasteiger partial charge in [-0.25, -0.2) is 4.79 Å². The number of amides is 2. The number of benzene rings is 2. The molecule has 0 heterocycles. The first-order valence-electron chi connectivity index (χ1n) is 9.77. The molecule has 0 aromatic heterocycles. The van der Waals surface area contributed by atoms with Crippen molar-refractivity contribution in [3.8, 4) is 5.75 Å². The van der Waals surface area contributed by atoms with E-state index in [9.17, 15) is 14.4 Å². The summed E-state index contributed by atoms with van der Waals surface area (Å²) in [6.07, 6.45) is 0. The van der Waals surface area contributed by atoms with Crippen molar-refractivity contribution >= 4 is 17.8 Å². The number of rotatable bonds is 9. The molecule has 0 aliphatic carbocycles. The minimum Gasteiger partial charge on any atom is -0.497 e. The lowest BCUT2D eigenvalue weighted by Crippen LogP contribution is -2.46. The van der Waals surface area contributed by atoms with Gasteiger partial charge in [0.05, 0.1) is 13.2 Å². The Balaban J connectivity index is 1.89. The number of hydrogen-bond acceptors (Lipinski definition) is 5. The summed E-state index contributed by atoms with van der Waals surface area (Å²) >= 11 is 0. The summed E-state index contributed by atoms with van der Waals surface area (Å²) in [5.74, 6) is -1.07. The number of carbonyl (C=O) groups excluding carboxylic acids is 3. The zero-order chi connectivity index (χ0) is 22.1. The highest BCUT2D eigenvalue weighted by Gasteiger charge is 2.27. The lowest BCUT2D eigenvalue weighted by atomic mass is 10.0. The van der Waals surface area contributed by atoms with Gasteiger partial charge in [0, 0.05) is 5.56 Å². The van der Waals surface area contributed by atoms with Gasteiger partial charge in [0.1, 0.15) is 11.8 Å². The van der Waals surface area contributed by atoms with Gasteiger partial charge in [0.25, 0.3) is 11.8 Å². The molecule has 7 heteroatoms. The van der Waals surface area contributed by atoms with E-state index in [0.717, 1.165) is 5.56 Å². The summed E-state index contributed by atoms with van der Waals surface area (Å²) in [5, 5.41) is 5.46. The lowest BCUT2D eigenvalue weighted by molar-refractivity contribution is -0.151. The minimum atomic E-state index is -0.876. The predicted octanol–water partition coefficient (Wildman–Crippen LogP) is 2.87. The van der Waals surface area contributed by atoms with Crippen LogP contribution in [0.4, 0.5) is 0 Å². The van der Waals surface area contributed by atoms with Crippen LogP contribution < -0.4 is 15.4 Å². The summed E-state index contributed by atoms with van der Waals surface area (Å²) in [6, 6.07) is 14.9. The average molecular weight is 412 g/mol. The van der Waals surface area contributed by atoms with Gasteiger partial charge in [-0.1, -0.05) is 44.2 Å². The predicted molar refractivity (Wildman–Crippen MR) is 113 cm³/mol.